The number of rotatable bonds is 3. The number of carbonyl (C=O) groups excluding carboxylic acids is 1. The van der Waals surface area contributed by atoms with Crippen LogP contribution in [0.2, 0.25) is 0 Å². The summed E-state index contributed by atoms with van der Waals surface area (Å²) in [6, 6.07) is 8.21. The number of non-ortho nitro benzene ring substituents is 1. The summed E-state index contributed by atoms with van der Waals surface area (Å²) < 4.78 is 14.2. The minimum atomic E-state index is -0.608. The van der Waals surface area contributed by atoms with Gasteiger partial charge in [-0.05, 0) is 36.8 Å². The lowest BCUT2D eigenvalue weighted by Crippen LogP contribution is -2.13. The van der Waals surface area contributed by atoms with Gasteiger partial charge in [0.1, 0.15) is 5.82 Å². The fraction of sp³-hybridized carbons (Fsp3) is 0.0714. The third-order valence-corrected chi connectivity index (χ3v) is 3.21. The third-order valence-electron chi connectivity index (χ3n) is 2.71. The van der Waals surface area contributed by atoms with E-state index in [4.69, 9.17) is 0 Å². The van der Waals surface area contributed by atoms with Crippen LogP contribution in [0.15, 0.2) is 40.9 Å². The van der Waals surface area contributed by atoms with E-state index in [1.807, 2.05) is 0 Å². The SMILES string of the molecule is Cc1cc(C(=O)Nc2ccc(Br)cc2F)cc([N+](=O)[O-])c1. The number of halogens is 2. The number of carbonyl (C=O) groups is 1. The van der Waals surface area contributed by atoms with Crippen molar-refractivity contribution >= 4 is 33.2 Å². The minimum absolute atomic E-state index is 0.00681. The molecule has 0 aromatic heterocycles. The molecule has 0 fully saturated rings. The molecule has 0 radical (unpaired) electrons. The maximum Gasteiger partial charge on any atom is 0.270 e. The Morgan fingerprint density at radius 3 is 2.62 bits per heavy atom. The van der Waals surface area contributed by atoms with E-state index in [0.29, 0.717) is 10.0 Å². The van der Waals surface area contributed by atoms with Gasteiger partial charge in [0.25, 0.3) is 11.6 Å². The van der Waals surface area contributed by atoms with Crippen molar-refractivity contribution in [2.24, 2.45) is 0 Å². The van der Waals surface area contributed by atoms with Gasteiger partial charge in [-0.2, -0.15) is 0 Å². The van der Waals surface area contributed by atoms with Crippen LogP contribution in [0, 0.1) is 22.9 Å². The number of benzene rings is 2. The number of aryl methyl sites for hydroxylation is 1. The first-order valence-corrected chi connectivity index (χ1v) is 6.68. The molecule has 2 aromatic rings. The summed E-state index contributed by atoms with van der Waals surface area (Å²) in [7, 11) is 0. The number of hydrogen-bond acceptors (Lipinski definition) is 3. The van der Waals surface area contributed by atoms with Gasteiger partial charge in [0.2, 0.25) is 0 Å². The summed E-state index contributed by atoms with van der Waals surface area (Å²) in [4.78, 5) is 22.3. The second kappa shape index (κ2) is 6.01. The second-order valence-corrected chi connectivity index (χ2v) is 5.31. The van der Waals surface area contributed by atoms with Gasteiger partial charge in [-0.3, -0.25) is 14.9 Å². The standard InChI is InChI=1S/C14H10BrFN2O3/c1-8-4-9(6-11(5-8)18(20)21)14(19)17-13-3-2-10(15)7-12(13)16/h2-7H,1H3,(H,17,19). The van der Waals surface area contributed by atoms with E-state index >= 15 is 0 Å². The molecule has 108 valence electrons. The predicted molar refractivity (Wildman–Crippen MR) is 79.9 cm³/mol. The van der Waals surface area contributed by atoms with Gasteiger partial charge in [0, 0.05) is 22.2 Å². The fourth-order valence-corrected chi connectivity index (χ4v) is 2.12. The lowest BCUT2D eigenvalue weighted by molar-refractivity contribution is -0.384. The fourth-order valence-electron chi connectivity index (χ4n) is 1.78. The van der Waals surface area contributed by atoms with Crippen LogP contribution >= 0.6 is 15.9 Å². The van der Waals surface area contributed by atoms with Crippen LogP contribution in [0.25, 0.3) is 0 Å². The third kappa shape index (κ3) is 3.63. The number of anilines is 1. The summed E-state index contributed by atoms with van der Waals surface area (Å²) in [5.41, 5.74) is 0.499. The number of nitro benzene ring substituents is 1. The smallest absolute Gasteiger partial charge is 0.270 e. The lowest BCUT2D eigenvalue weighted by atomic mass is 10.1. The van der Waals surface area contributed by atoms with Crippen LogP contribution in [-0.2, 0) is 0 Å². The van der Waals surface area contributed by atoms with E-state index < -0.39 is 16.6 Å². The Hall–Kier alpha value is -2.28. The van der Waals surface area contributed by atoms with Gasteiger partial charge in [0.05, 0.1) is 10.6 Å². The summed E-state index contributed by atoms with van der Waals surface area (Å²) in [6.45, 7) is 1.64. The van der Waals surface area contributed by atoms with Crippen molar-refractivity contribution in [3.05, 3.63) is 67.9 Å². The molecule has 1 N–H and O–H groups in total. The summed E-state index contributed by atoms with van der Waals surface area (Å²) in [5, 5.41) is 13.2. The number of nitro groups is 1. The number of amides is 1. The van der Waals surface area contributed by atoms with E-state index in [9.17, 15) is 19.3 Å². The molecular weight excluding hydrogens is 343 g/mol. The quantitative estimate of drug-likeness (QED) is 0.668. The average Bonchev–Trinajstić information content (AvgIpc) is 2.41. The molecule has 0 atom stereocenters. The average molecular weight is 353 g/mol. The highest BCUT2D eigenvalue weighted by molar-refractivity contribution is 9.10. The molecule has 21 heavy (non-hydrogen) atoms. The van der Waals surface area contributed by atoms with Crippen LogP contribution in [-0.4, -0.2) is 10.8 Å². The van der Waals surface area contributed by atoms with Gasteiger partial charge in [-0.25, -0.2) is 4.39 Å². The number of nitrogens with zero attached hydrogens (tertiary/aromatic N) is 1. The van der Waals surface area contributed by atoms with E-state index in [1.54, 1.807) is 13.0 Å². The Labute approximate surface area is 128 Å². The summed E-state index contributed by atoms with van der Waals surface area (Å²) in [6.07, 6.45) is 0. The van der Waals surface area contributed by atoms with Crippen molar-refractivity contribution in [3.63, 3.8) is 0 Å². The number of hydrogen-bond donors (Lipinski definition) is 1. The van der Waals surface area contributed by atoms with Gasteiger partial charge < -0.3 is 5.32 Å². The molecule has 1 amide bonds. The Bertz CT molecular complexity index is 734. The Balaban J connectivity index is 2.30. The van der Waals surface area contributed by atoms with Gasteiger partial charge >= 0.3 is 0 Å². The Morgan fingerprint density at radius 2 is 2.00 bits per heavy atom. The molecule has 0 unspecified atom stereocenters. The van der Waals surface area contributed by atoms with Crippen LogP contribution in [0.5, 0.6) is 0 Å². The summed E-state index contributed by atoms with van der Waals surface area (Å²) in [5.74, 6) is -1.21. The first kappa shape index (κ1) is 15.1. The largest absolute Gasteiger partial charge is 0.319 e. The molecule has 0 saturated heterocycles. The highest BCUT2D eigenvalue weighted by Gasteiger charge is 2.14. The molecule has 0 spiro atoms. The topological polar surface area (TPSA) is 72.2 Å². The number of nitrogens with one attached hydrogen (secondary N) is 1. The predicted octanol–water partition coefficient (Wildman–Crippen LogP) is 4.06. The van der Waals surface area contributed by atoms with Crippen molar-refractivity contribution in [1.29, 1.82) is 0 Å². The van der Waals surface area contributed by atoms with Crippen LogP contribution in [0.4, 0.5) is 15.8 Å². The highest BCUT2D eigenvalue weighted by Crippen LogP contribution is 2.21. The van der Waals surface area contributed by atoms with Crippen molar-refractivity contribution in [3.8, 4) is 0 Å². The first-order valence-electron chi connectivity index (χ1n) is 5.89. The highest BCUT2D eigenvalue weighted by atomic mass is 79.9. The van der Waals surface area contributed by atoms with Crippen molar-refractivity contribution < 1.29 is 14.1 Å². The van der Waals surface area contributed by atoms with E-state index in [2.05, 4.69) is 21.2 Å². The Morgan fingerprint density at radius 1 is 1.29 bits per heavy atom. The molecule has 0 heterocycles. The lowest BCUT2D eigenvalue weighted by Gasteiger charge is -2.07. The van der Waals surface area contributed by atoms with Gasteiger partial charge in [-0.15, -0.1) is 0 Å². The maximum absolute atomic E-state index is 13.7. The van der Waals surface area contributed by atoms with Gasteiger partial charge in [-0.1, -0.05) is 15.9 Å². The molecule has 0 aliphatic rings. The van der Waals surface area contributed by atoms with Crippen molar-refractivity contribution in [2.45, 2.75) is 6.92 Å². The molecule has 2 rings (SSSR count). The zero-order valence-corrected chi connectivity index (χ0v) is 12.5. The van der Waals surface area contributed by atoms with Crippen LogP contribution in [0.1, 0.15) is 15.9 Å². The molecule has 7 heteroatoms. The first-order chi connectivity index (χ1) is 9.86. The summed E-state index contributed by atoms with van der Waals surface area (Å²) >= 11 is 3.11. The van der Waals surface area contributed by atoms with Crippen LogP contribution < -0.4 is 5.32 Å². The van der Waals surface area contributed by atoms with Crippen LogP contribution in [0.3, 0.4) is 0 Å². The Kier molecular flexibility index (Phi) is 4.32. The zero-order valence-electron chi connectivity index (χ0n) is 10.9. The molecule has 0 aliphatic heterocycles. The van der Waals surface area contributed by atoms with Gasteiger partial charge in [0.15, 0.2) is 0 Å². The molecule has 5 nitrogen and oxygen atoms in total. The molecule has 0 saturated carbocycles. The monoisotopic (exact) mass is 352 g/mol. The molecular formula is C14H10BrFN2O3. The normalized spacial score (nSPS) is 10.2. The zero-order chi connectivity index (χ0) is 15.6. The molecule has 0 bridgehead atoms. The van der Waals surface area contributed by atoms with Crippen molar-refractivity contribution in [1.82, 2.24) is 0 Å². The molecule has 2 aromatic carbocycles. The van der Waals surface area contributed by atoms with E-state index in [1.165, 1.54) is 24.3 Å². The van der Waals surface area contributed by atoms with E-state index in [-0.39, 0.29) is 16.9 Å². The molecule has 0 aliphatic carbocycles. The minimum Gasteiger partial charge on any atom is -0.319 e. The van der Waals surface area contributed by atoms with Crippen molar-refractivity contribution in [2.75, 3.05) is 5.32 Å². The van der Waals surface area contributed by atoms with E-state index in [0.717, 1.165) is 6.07 Å². The maximum atomic E-state index is 13.7. The second-order valence-electron chi connectivity index (χ2n) is 4.39.